The Balaban J connectivity index is 0.00000196. The van der Waals surface area contributed by atoms with Crippen LogP contribution in [0.1, 0.15) is 0 Å². The Morgan fingerprint density at radius 2 is 1.67 bits per heavy atom. The average molecular weight is 232 g/mol. The first-order valence-corrected chi connectivity index (χ1v) is 4.70. The molecule has 1 rings (SSSR count). The van der Waals surface area contributed by atoms with Crippen LogP contribution in [0.4, 0.5) is 13.2 Å². The fourth-order valence-corrected chi connectivity index (χ4v) is 1.06. The number of benzene rings is 1. The van der Waals surface area contributed by atoms with Crippen molar-refractivity contribution in [3.63, 3.8) is 0 Å². The largest absolute Gasteiger partial charge is 1.00 e. The number of hydrogen-bond donors (Lipinski definition) is 0. The predicted molar refractivity (Wildman–Crippen MR) is 40.9 cm³/mol. The molecule has 0 radical (unpaired) electrons. The summed E-state index contributed by atoms with van der Waals surface area (Å²) in [6.07, 6.45) is 0. The van der Waals surface area contributed by atoms with Crippen LogP contribution in [0.5, 0.6) is 5.75 Å². The van der Waals surface area contributed by atoms with Crippen LogP contribution < -0.4 is 23.0 Å². The van der Waals surface area contributed by atoms with Gasteiger partial charge in [-0.25, -0.2) is 0 Å². The van der Waals surface area contributed by atoms with Crippen LogP contribution in [-0.2, 0) is 10.1 Å². The number of rotatable bonds is 2. The van der Waals surface area contributed by atoms with E-state index in [0.717, 1.165) is 12.1 Å². The molecule has 0 aliphatic carbocycles. The molecule has 0 saturated heterocycles. The van der Waals surface area contributed by atoms with Gasteiger partial charge in [-0.05, 0) is 0 Å². The van der Waals surface area contributed by atoms with E-state index < -0.39 is 21.4 Å². The average Bonchev–Trinajstić information content (AvgIpc) is 2.03. The summed E-state index contributed by atoms with van der Waals surface area (Å²) < 4.78 is 60.1. The fraction of sp³-hybridized carbons (Fsp3) is 0.143. The smallest absolute Gasteiger partial charge is 0.403 e. The molecule has 1 aromatic carbocycles. The van der Waals surface area contributed by atoms with Gasteiger partial charge in [0, 0.05) is 5.75 Å². The Bertz CT molecular complexity index is 401. The van der Waals surface area contributed by atoms with Gasteiger partial charge < -0.3 is 4.18 Å². The molecule has 0 amide bonds. The van der Waals surface area contributed by atoms with Gasteiger partial charge in [0.25, 0.3) is 0 Å². The van der Waals surface area contributed by atoms with Crippen molar-refractivity contribution in [2.45, 2.75) is 5.51 Å². The van der Waals surface area contributed by atoms with Crippen molar-refractivity contribution in [1.82, 2.24) is 0 Å². The van der Waals surface area contributed by atoms with Gasteiger partial charge in [0.1, 0.15) is 0 Å². The minimum atomic E-state index is -5.56. The molecule has 0 unspecified atom stereocenters. The normalized spacial score (nSPS) is 11.7. The van der Waals surface area contributed by atoms with Crippen LogP contribution in [0.25, 0.3) is 0 Å². The van der Waals surface area contributed by atoms with Crippen molar-refractivity contribution >= 4 is 10.1 Å². The van der Waals surface area contributed by atoms with Gasteiger partial charge in [-0.3, -0.25) is 0 Å². The maximum atomic E-state index is 11.8. The Kier molecular flexibility index (Phi) is 4.71. The van der Waals surface area contributed by atoms with Crippen LogP contribution in [0, 0.1) is 6.07 Å². The Morgan fingerprint density at radius 3 is 2.07 bits per heavy atom. The van der Waals surface area contributed by atoms with Gasteiger partial charge >= 0.3 is 34.5 Å². The first kappa shape index (κ1) is 14.4. The minimum Gasteiger partial charge on any atom is -0.403 e. The second-order valence-electron chi connectivity index (χ2n) is 2.22. The Morgan fingerprint density at radius 1 is 1.20 bits per heavy atom. The van der Waals surface area contributed by atoms with Crippen molar-refractivity contribution in [1.29, 1.82) is 0 Å². The third-order valence-corrected chi connectivity index (χ3v) is 2.16. The molecule has 0 spiro atoms. The summed E-state index contributed by atoms with van der Waals surface area (Å²) in [5, 5.41) is 0. The van der Waals surface area contributed by atoms with Crippen LogP contribution >= 0.6 is 0 Å². The zero-order valence-corrected chi connectivity index (χ0v) is 8.39. The van der Waals surface area contributed by atoms with Crippen LogP contribution in [0.2, 0.25) is 0 Å². The third-order valence-electron chi connectivity index (χ3n) is 1.18. The van der Waals surface area contributed by atoms with Gasteiger partial charge in [-0.2, -0.15) is 39.8 Å². The molecule has 15 heavy (non-hydrogen) atoms. The van der Waals surface area contributed by atoms with Crippen molar-refractivity contribution in [2.75, 3.05) is 0 Å². The fourth-order valence-electron chi connectivity index (χ4n) is 0.601. The summed E-state index contributed by atoms with van der Waals surface area (Å²) in [4.78, 5) is 0. The van der Waals surface area contributed by atoms with Crippen molar-refractivity contribution < 1.29 is 44.6 Å². The summed E-state index contributed by atoms with van der Waals surface area (Å²) in [6, 6.07) is 7.09. The molecular weight excluding hydrogens is 228 g/mol. The monoisotopic (exact) mass is 232 g/mol. The van der Waals surface area contributed by atoms with Crippen LogP contribution in [-0.4, -0.2) is 13.9 Å². The predicted octanol–water partition coefficient (Wildman–Crippen LogP) is -1.28. The van der Waals surface area contributed by atoms with E-state index in [-0.39, 0.29) is 18.9 Å². The van der Waals surface area contributed by atoms with E-state index >= 15 is 0 Å². The number of halogens is 3. The molecule has 8 heteroatoms. The van der Waals surface area contributed by atoms with Gasteiger partial charge in [-0.1, -0.05) is 0 Å². The van der Waals surface area contributed by atoms with E-state index in [4.69, 9.17) is 0 Å². The van der Waals surface area contributed by atoms with E-state index in [1.807, 2.05) is 0 Å². The standard InChI is InChI=1S/C7H4F3O3S.Li/c8-7(9,10)14(11,12)13-6-4-2-1-3-5-6;/h2-5H;/q-1;+1. The topological polar surface area (TPSA) is 43.4 Å². The summed E-state index contributed by atoms with van der Waals surface area (Å²) in [7, 11) is -5.56. The number of alkyl halides is 3. The van der Waals surface area contributed by atoms with Crippen molar-refractivity contribution in [2.24, 2.45) is 0 Å². The molecule has 0 atom stereocenters. The maximum absolute atomic E-state index is 11.8. The third kappa shape index (κ3) is 3.78. The van der Waals surface area contributed by atoms with E-state index in [1.54, 1.807) is 0 Å². The number of hydrogen-bond acceptors (Lipinski definition) is 3. The first-order valence-electron chi connectivity index (χ1n) is 3.30. The Hall–Kier alpha value is -0.643. The molecule has 0 fully saturated rings. The van der Waals surface area contributed by atoms with Crippen LogP contribution in [0.3, 0.4) is 0 Å². The zero-order valence-electron chi connectivity index (χ0n) is 7.58. The second-order valence-corrected chi connectivity index (χ2v) is 3.76. The van der Waals surface area contributed by atoms with E-state index in [1.165, 1.54) is 12.1 Å². The summed E-state index contributed by atoms with van der Waals surface area (Å²) in [5.41, 5.74) is -5.41. The molecule has 0 aliphatic heterocycles. The molecule has 0 aromatic heterocycles. The summed E-state index contributed by atoms with van der Waals surface area (Å²) in [5.74, 6) is -0.402. The minimum absolute atomic E-state index is 0. The molecule has 0 aliphatic rings. The zero-order chi connectivity index (χ0) is 10.8. The van der Waals surface area contributed by atoms with E-state index in [0.29, 0.717) is 0 Å². The maximum Gasteiger partial charge on any atom is 1.00 e. The Labute approximate surface area is 96.5 Å². The van der Waals surface area contributed by atoms with Gasteiger partial charge in [0.15, 0.2) is 0 Å². The molecular formula is C7H4F3LiO3S. The van der Waals surface area contributed by atoms with Crippen molar-refractivity contribution in [3.05, 3.63) is 30.3 Å². The first-order chi connectivity index (χ1) is 6.33. The molecule has 0 saturated carbocycles. The van der Waals surface area contributed by atoms with Gasteiger partial charge in [-0.15, -0.1) is 12.1 Å². The molecule has 0 N–H and O–H groups in total. The van der Waals surface area contributed by atoms with Crippen molar-refractivity contribution in [3.8, 4) is 5.75 Å². The molecule has 0 heterocycles. The quantitative estimate of drug-likeness (QED) is 0.276. The van der Waals surface area contributed by atoms with Gasteiger partial charge in [0.05, 0.1) is 0 Å². The van der Waals surface area contributed by atoms with E-state index in [9.17, 15) is 21.6 Å². The van der Waals surface area contributed by atoms with E-state index in [2.05, 4.69) is 10.2 Å². The molecule has 3 nitrogen and oxygen atoms in total. The molecule has 0 bridgehead atoms. The molecule has 1 aromatic rings. The van der Waals surface area contributed by atoms with Gasteiger partial charge in [0.2, 0.25) is 0 Å². The second kappa shape index (κ2) is 4.92. The SMILES string of the molecule is O=S(=O)(Oc1cc[c-]cc1)C(F)(F)F.[Li+]. The summed E-state index contributed by atoms with van der Waals surface area (Å²) in [6.45, 7) is 0. The molecule has 78 valence electrons. The summed E-state index contributed by atoms with van der Waals surface area (Å²) >= 11 is 0. The van der Waals surface area contributed by atoms with Crippen LogP contribution in [0.15, 0.2) is 24.3 Å².